The third-order valence-electron chi connectivity index (χ3n) is 2.16. The second-order valence-electron chi connectivity index (χ2n) is 3.47. The van der Waals surface area contributed by atoms with Crippen molar-refractivity contribution < 1.29 is 32.3 Å². The summed E-state index contributed by atoms with van der Waals surface area (Å²) in [6, 6.07) is -0.652. The number of hydrogen-bond donors (Lipinski definition) is 2. The molecule has 0 aliphatic heterocycles. The molecule has 1 aromatic heterocycles. The molecule has 1 amide bonds. The summed E-state index contributed by atoms with van der Waals surface area (Å²) in [7, 11) is 0. The molecule has 0 radical (unpaired) electrons. The highest BCUT2D eigenvalue weighted by molar-refractivity contribution is 5.94. The molecular weight excluding hydrogens is 255 g/mol. The van der Waals surface area contributed by atoms with Crippen LogP contribution in [0.4, 0.5) is 13.2 Å². The molecule has 0 spiro atoms. The number of carboxylic acids is 1. The molecule has 0 aromatic carbocycles. The van der Waals surface area contributed by atoms with Crippen LogP contribution in [0.3, 0.4) is 0 Å². The Morgan fingerprint density at radius 2 is 2.11 bits per heavy atom. The van der Waals surface area contributed by atoms with E-state index in [1.807, 2.05) is 5.32 Å². The van der Waals surface area contributed by atoms with Gasteiger partial charge in [-0.05, 0) is 6.42 Å². The van der Waals surface area contributed by atoms with Crippen molar-refractivity contribution in [1.82, 2.24) is 5.32 Å². The quantitative estimate of drug-likeness (QED) is 0.871. The van der Waals surface area contributed by atoms with Crippen LogP contribution in [-0.2, 0) is 11.0 Å². The summed E-state index contributed by atoms with van der Waals surface area (Å²) >= 11 is 0. The van der Waals surface area contributed by atoms with Crippen molar-refractivity contribution >= 4 is 11.9 Å². The summed E-state index contributed by atoms with van der Waals surface area (Å²) in [6.45, 7) is 1.52. The molecule has 100 valence electrons. The fourth-order valence-electron chi connectivity index (χ4n) is 1.17. The Hall–Kier alpha value is -1.99. The van der Waals surface area contributed by atoms with Crippen molar-refractivity contribution in [1.29, 1.82) is 0 Å². The lowest BCUT2D eigenvalue weighted by Crippen LogP contribution is -2.40. The van der Waals surface area contributed by atoms with Crippen molar-refractivity contribution in [2.45, 2.75) is 25.6 Å². The summed E-state index contributed by atoms with van der Waals surface area (Å²) in [5.41, 5.74) is -1.10. The van der Waals surface area contributed by atoms with E-state index in [9.17, 15) is 22.8 Å². The minimum atomic E-state index is -4.61. The van der Waals surface area contributed by atoms with Gasteiger partial charge in [0.05, 0.1) is 5.56 Å². The van der Waals surface area contributed by atoms with E-state index < -0.39 is 35.4 Å². The maximum Gasteiger partial charge on any atom is 0.419 e. The van der Waals surface area contributed by atoms with Gasteiger partial charge in [-0.1, -0.05) is 6.92 Å². The first-order chi connectivity index (χ1) is 8.25. The SMILES string of the molecule is CCC(NC(=O)c1cc(C(F)(F)F)co1)C(=O)O. The summed E-state index contributed by atoms with van der Waals surface area (Å²) in [5.74, 6) is -2.85. The van der Waals surface area contributed by atoms with Gasteiger partial charge in [0.2, 0.25) is 0 Å². The third kappa shape index (κ3) is 3.25. The molecule has 8 heteroatoms. The van der Waals surface area contributed by atoms with Gasteiger partial charge in [-0.2, -0.15) is 13.2 Å². The van der Waals surface area contributed by atoms with Crippen molar-refractivity contribution in [2.75, 3.05) is 0 Å². The lowest BCUT2D eigenvalue weighted by atomic mass is 10.2. The lowest BCUT2D eigenvalue weighted by Gasteiger charge is -2.10. The van der Waals surface area contributed by atoms with Crippen LogP contribution in [0.25, 0.3) is 0 Å². The van der Waals surface area contributed by atoms with Crippen LogP contribution in [0.2, 0.25) is 0 Å². The van der Waals surface area contributed by atoms with Gasteiger partial charge in [0.25, 0.3) is 5.91 Å². The van der Waals surface area contributed by atoms with Gasteiger partial charge in [0.1, 0.15) is 12.3 Å². The molecule has 0 saturated carbocycles. The molecule has 5 nitrogen and oxygen atoms in total. The monoisotopic (exact) mass is 265 g/mol. The van der Waals surface area contributed by atoms with Gasteiger partial charge in [-0.15, -0.1) is 0 Å². The smallest absolute Gasteiger partial charge is 0.419 e. The highest BCUT2D eigenvalue weighted by Gasteiger charge is 2.33. The molecule has 1 atom stereocenters. The van der Waals surface area contributed by atoms with Crippen LogP contribution in [0.15, 0.2) is 16.7 Å². The van der Waals surface area contributed by atoms with Crippen LogP contribution in [0.1, 0.15) is 29.5 Å². The standard InChI is InChI=1S/C10H10F3NO4/c1-2-6(9(16)17)14-8(15)7-3-5(4-18-7)10(11,12)13/h3-4,6H,2H2,1H3,(H,14,15)(H,16,17). The number of alkyl halides is 3. The molecule has 18 heavy (non-hydrogen) atoms. The molecule has 0 fully saturated rings. The van der Waals surface area contributed by atoms with Crippen molar-refractivity contribution in [3.05, 3.63) is 23.7 Å². The molecule has 0 aliphatic rings. The van der Waals surface area contributed by atoms with Gasteiger partial charge in [0, 0.05) is 6.07 Å². The maximum atomic E-state index is 12.2. The van der Waals surface area contributed by atoms with Gasteiger partial charge in [-0.3, -0.25) is 4.79 Å². The normalized spacial score (nSPS) is 13.1. The molecular formula is C10H10F3NO4. The number of hydrogen-bond acceptors (Lipinski definition) is 3. The molecule has 0 bridgehead atoms. The first kappa shape index (κ1) is 14.1. The Morgan fingerprint density at radius 1 is 1.50 bits per heavy atom. The Bertz CT molecular complexity index is 452. The topological polar surface area (TPSA) is 79.5 Å². The Kier molecular flexibility index (Phi) is 4.00. The average Bonchev–Trinajstić information content (AvgIpc) is 2.73. The van der Waals surface area contributed by atoms with Gasteiger partial charge in [0.15, 0.2) is 5.76 Å². The number of rotatable bonds is 4. The molecule has 1 rings (SSSR count). The maximum absolute atomic E-state index is 12.2. The van der Waals surface area contributed by atoms with E-state index in [4.69, 9.17) is 5.11 Å². The number of carboxylic acid groups (broad SMARTS) is 1. The lowest BCUT2D eigenvalue weighted by molar-refractivity contribution is -0.139. The third-order valence-corrected chi connectivity index (χ3v) is 2.16. The number of carbonyl (C=O) groups excluding carboxylic acids is 1. The molecule has 0 saturated heterocycles. The summed E-state index contributed by atoms with van der Waals surface area (Å²) in [4.78, 5) is 22.1. The van der Waals surface area contributed by atoms with E-state index in [2.05, 4.69) is 4.42 Å². The fraction of sp³-hybridized carbons (Fsp3) is 0.400. The van der Waals surface area contributed by atoms with E-state index in [1.165, 1.54) is 6.92 Å². The zero-order chi connectivity index (χ0) is 13.9. The Morgan fingerprint density at radius 3 is 2.50 bits per heavy atom. The first-order valence-corrected chi connectivity index (χ1v) is 4.95. The van der Waals surface area contributed by atoms with Crippen LogP contribution >= 0.6 is 0 Å². The molecule has 1 unspecified atom stereocenters. The number of halogens is 3. The van der Waals surface area contributed by atoms with Gasteiger partial charge in [-0.25, -0.2) is 4.79 Å². The highest BCUT2D eigenvalue weighted by atomic mass is 19.4. The van der Waals surface area contributed by atoms with Crippen molar-refractivity contribution in [2.24, 2.45) is 0 Å². The zero-order valence-electron chi connectivity index (χ0n) is 9.25. The number of aliphatic carboxylic acids is 1. The van der Waals surface area contributed by atoms with Crippen LogP contribution < -0.4 is 5.32 Å². The predicted molar refractivity (Wildman–Crippen MR) is 52.9 cm³/mol. The van der Waals surface area contributed by atoms with E-state index in [-0.39, 0.29) is 6.42 Å². The number of amides is 1. The summed E-state index contributed by atoms with van der Waals surface area (Å²) in [6.07, 6.45) is -4.11. The summed E-state index contributed by atoms with van der Waals surface area (Å²) in [5, 5.41) is 10.7. The average molecular weight is 265 g/mol. The predicted octanol–water partition coefficient (Wildman–Crippen LogP) is 1.89. The number of carbonyl (C=O) groups is 2. The molecule has 1 aromatic rings. The van der Waals surface area contributed by atoms with Crippen LogP contribution in [-0.4, -0.2) is 23.0 Å². The largest absolute Gasteiger partial charge is 0.480 e. The first-order valence-electron chi connectivity index (χ1n) is 4.95. The number of nitrogens with one attached hydrogen (secondary N) is 1. The summed E-state index contributed by atoms with van der Waals surface area (Å²) < 4.78 is 41.2. The van der Waals surface area contributed by atoms with E-state index >= 15 is 0 Å². The van der Waals surface area contributed by atoms with Crippen molar-refractivity contribution in [3.63, 3.8) is 0 Å². The Balaban J connectivity index is 2.79. The van der Waals surface area contributed by atoms with Crippen LogP contribution in [0, 0.1) is 0 Å². The highest BCUT2D eigenvalue weighted by Crippen LogP contribution is 2.30. The molecule has 0 aliphatic carbocycles. The van der Waals surface area contributed by atoms with Gasteiger partial charge >= 0.3 is 12.1 Å². The van der Waals surface area contributed by atoms with Crippen molar-refractivity contribution in [3.8, 4) is 0 Å². The fourth-order valence-corrected chi connectivity index (χ4v) is 1.17. The Labute approximate surface area is 99.6 Å². The second kappa shape index (κ2) is 5.11. The minimum absolute atomic E-state index is 0.105. The zero-order valence-corrected chi connectivity index (χ0v) is 9.25. The second-order valence-corrected chi connectivity index (χ2v) is 3.47. The van der Waals surface area contributed by atoms with Gasteiger partial charge < -0.3 is 14.8 Å². The molecule has 1 heterocycles. The van der Waals surface area contributed by atoms with E-state index in [0.717, 1.165) is 0 Å². The van der Waals surface area contributed by atoms with E-state index in [0.29, 0.717) is 12.3 Å². The van der Waals surface area contributed by atoms with Crippen LogP contribution in [0.5, 0.6) is 0 Å². The van der Waals surface area contributed by atoms with E-state index in [1.54, 1.807) is 0 Å². The molecule has 2 N–H and O–H groups in total. The number of furan rings is 1. The minimum Gasteiger partial charge on any atom is -0.480 e.